The molecule has 0 bridgehead atoms. The van der Waals surface area contributed by atoms with Crippen LogP contribution in [-0.4, -0.2) is 39.1 Å². The highest BCUT2D eigenvalue weighted by Crippen LogP contribution is 2.21. The van der Waals surface area contributed by atoms with E-state index in [9.17, 15) is 9.59 Å². The normalized spacial score (nSPS) is 14.2. The van der Waals surface area contributed by atoms with Crippen molar-refractivity contribution < 1.29 is 9.59 Å². The SMILES string of the molecule is CC(C)(Cc1cc(-c2ccccc2)n[nH]1)NC(=O)c1cccc(N2CCCC2=O)n1. The fourth-order valence-corrected chi connectivity index (χ4v) is 3.69. The van der Waals surface area contributed by atoms with Crippen LogP contribution in [0, 0.1) is 0 Å². The van der Waals surface area contributed by atoms with E-state index in [1.165, 1.54) is 0 Å². The van der Waals surface area contributed by atoms with Crippen LogP contribution in [0.5, 0.6) is 0 Å². The minimum Gasteiger partial charge on any atom is -0.345 e. The molecule has 3 heterocycles. The molecule has 0 spiro atoms. The maximum atomic E-state index is 12.8. The zero-order chi connectivity index (χ0) is 21.1. The van der Waals surface area contributed by atoms with Crippen LogP contribution in [0.3, 0.4) is 0 Å². The van der Waals surface area contributed by atoms with Gasteiger partial charge in [0.2, 0.25) is 5.91 Å². The summed E-state index contributed by atoms with van der Waals surface area (Å²) in [5, 5.41) is 10.5. The number of benzene rings is 1. The molecule has 1 fully saturated rings. The lowest BCUT2D eigenvalue weighted by Gasteiger charge is -2.25. The minimum atomic E-state index is -0.515. The standard InChI is InChI=1S/C23H25N5O2/c1-23(2,15-17-14-19(27-26-17)16-8-4-3-5-9-16)25-22(30)18-10-6-11-20(24-18)28-13-7-12-21(28)29/h3-6,8-11,14H,7,12-13,15H2,1-2H3,(H,25,30)(H,26,27). The van der Waals surface area contributed by atoms with Crippen LogP contribution >= 0.6 is 0 Å². The van der Waals surface area contributed by atoms with Crippen molar-refractivity contribution in [1.82, 2.24) is 20.5 Å². The van der Waals surface area contributed by atoms with Gasteiger partial charge in [0.25, 0.3) is 5.91 Å². The van der Waals surface area contributed by atoms with E-state index in [0.29, 0.717) is 30.9 Å². The molecule has 0 aliphatic carbocycles. The van der Waals surface area contributed by atoms with E-state index in [2.05, 4.69) is 20.5 Å². The van der Waals surface area contributed by atoms with Crippen LogP contribution in [0.4, 0.5) is 5.82 Å². The zero-order valence-electron chi connectivity index (χ0n) is 17.2. The molecule has 0 radical (unpaired) electrons. The molecule has 2 N–H and O–H groups in total. The molecule has 7 heteroatoms. The largest absolute Gasteiger partial charge is 0.345 e. The highest BCUT2D eigenvalue weighted by atomic mass is 16.2. The summed E-state index contributed by atoms with van der Waals surface area (Å²) in [5.41, 5.74) is 2.63. The van der Waals surface area contributed by atoms with Crippen LogP contribution < -0.4 is 10.2 Å². The van der Waals surface area contributed by atoms with E-state index in [4.69, 9.17) is 0 Å². The van der Waals surface area contributed by atoms with Gasteiger partial charge in [-0.3, -0.25) is 19.6 Å². The molecule has 4 rings (SSSR count). The Bertz CT molecular complexity index is 1060. The smallest absolute Gasteiger partial charge is 0.270 e. The average Bonchev–Trinajstić information content (AvgIpc) is 3.37. The van der Waals surface area contributed by atoms with Gasteiger partial charge >= 0.3 is 0 Å². The van der Waals surface area contributed by atoms with E-state index in [0.717, 1.165) is 23.4 Å². The highest BCUT2D eigenvalue weighted by molar-refractivity contribution is 5.96. The van der Waals surface area contributed by atoms with E-state index in [1.807, 2.05) is 50.2 Å². The van der Waals surface area contributed by atoms with Gasteiger partial charge in [0, 0.05) is 36.2 Å². The number of nitrogens with zero attached hydrogens (tertiary/aromatic N) is 3. The Morgan fingerprint density at radius 2 is 1.97 bits per heavy atom. The Kier molecular flexibility index (Phi) is 5.35. The molecule has 1 saturated heterocycles. The van der Waals surface area contributed by atoms with Gasteiger partial charge in [-0.25, -0.2) is 4.98 Å². The summed E-state index contributed by atoms with van der Waals surface area (Å²) in [6.45, 7) is 4.57. The predicted molar refractivity (Wildman–Crippen MR) is 115 cm³/mol. The molecule has 30 heavy (non-hydrogen) atoms. The Balaban J connectivity index is 1.44. The number of aromatic nitrogens is 3. The molecule has 2 amide bonds. The second-order valence-electron chi connectivity index (χ2n) is 8.19. The van der Waals surface area contributed by atoms with Gasteiger partial charge in [0.05, 0.1) is 5.69 Å². The molecule has 2 aromatic heterocycles. The molecule has 3 aromatic rings. The molecule has 1 aliphatic rings. The van der Waals surface area contributed by atoms with E-state index in [-0.39, 0.29) is 11.8 Å². The number of H-pyrrole nitrogens is 1. The second-order valence-corrected chi connectivity index (χ2v) is 8.19. The topological polar surface area (TPSA) is 91.0 Å². The fraction of sp³-hybridized carbons (Fsp3) is 0.304. The van der Waals surface area contributed by atoms with Gasteiger partial charge in [-0.15, -0.1) is 0 Å². The van der Waals surface area contributed by atoms with Gasteiger partial charge in [-0.1, -0.05) is 36.4 Å². The van der Waals surface area contributed by atoms with Crippen molar-refractivity contribution in [1.29, 1.82) is 0 Å². The van der Waals surface area contributed by atoms with Crippen molar-refractivity contribution in [3.05, 3.63) is 66.0 Å². The Morgan fingerprint density at radius 3 is 2.70 bits per heavy atom. The summed E-state index contributed by atoms with van der Waals surface area (Å²) in [5.74, 6) is 0.314. The summed E-state index contributed by atoms with van der Waals surface area (Å²) >= 11 is 0. The van der Waals surface area contributed by atoms with Gasteiger partial charge in [-0.2, -0.15) is 5.10 Å². The van der Waals surface area contributed by atoms with Crippen molar-refractivity contribution in [3.63, 3.8) is 0 Å². The molecular weight excluding hydrogens is 378 g/mol. The van der Waals surface area contributed by atoms with Crippen molar-refractivity contribution in [3.8, 4) is 11.3 Å². The Labute approximate surface area is 175 Å². The van der Waals surface area contributed by atoms with E-state index < -0.39 is 5.54 Å². The molecular formula is C23H25N5O2. The van der Waals surface area contributed by atoms with Gasteiger partial charge < -0.3 is 5.32 Å². The van der Waals surface area contributed by atoms with Crippen LogP contribution in [-0.2, 0) is 11.2 Å². The third kappa shape index (κ3) is 4.40. The number of carbonyl (C=O) groups is 2. The van der Waals surface area contributed by atoms with Crippen molar-refractivity contribution in [2.24, 2.45) is 0 Å². The van der Waals surface area contributed by atoms with E-state index in [1.54, 1.807) is 23.1 Å². The molecule has 1 aromatic carbocycles. The molecule has 0 unspecified atom stereocenters. The van der Waals surface area contributed by atoms with Crippen molar-refractivity contribution in [2.75, 3.05) is 11.4 Å². The highest BCUT2D eigenvalue weighted by Gasteiger charge is 2.26. The summed E-state index contributed by atoms with van der Waals surface area (Å²) in [6, 6.07) is 17.1. The lowest BCUT2D eigenvalue weighted by atomic mass is 9.97. The lowest BCUT2D eigenvalue weighted by Crippen LogP contribution is -2.45. The number of anilines is 1. The molecule has 0 saturated carbocycles. The predicted octanol–water partition coefficient (Wildman–Crippen LogP) is 3.35. The van der Waals surface area contributed by atoms with Crippen LogP contribution in [0.1, 0.15) is 42.9 Å². The average molecular weight is 403 g/mol. The molecule has 0 atom stereocenters. The molecule has 7 nitrogen and oxygen atoms in total. The fourth-order valence-electron chi connectivity index (χ4n) is 3.69. The number of hydrogen-bond donors (Lipinski definition) is 2. The number of rotatable bonds is 6. The first kappa shape index (κ1) is 19.8. The number of aromatic amines is 1. The third-order valence-corrected chi connectivity index (χ3v) is 5.10. The lowest BCUT2D eigenvalue weighted by molar-refractivity contribution is -0.117. The third-order valence-electron chi connectivity index (χ3n) is 5.10. The van der Waals surface area contributed by atoms with Crippen molar-refractivity contribution >= 4 is 17.6 Å². The monoisotopic (exact) mass is 403 g/mol. The first-order chi connectivity index (χ1) is 14.4. The second kappa shape index (κ2) is 8.10. The van der Waals surface area contributed by atoms with Gasteiger partial charge in [0.1, 0.15) is 11.5 Å². The summed E-state index contributed by atoms with van der Waals surface area (Å²) in [4.78, 5) is 30.8. The number of hydrogen-bond acceptors (Lipinski definition) is 4. The number of carbonyl (C=O) groups excluding carboxylic acids is 2. The van der Waals surface area contributed by atoms with Crippen LogP contribution in [0.2, 0.25) is 0 Å². The Hall–Kier alpha value is -3.48. The first-order valence-electron chi connectivity index (χ1n) is 10.1. The van der Waals surface area contributed by atoms with Gasteiger partial charge in [0.15, 0.2) is 0 Å². The summed E-state index contributed by atoms with van der Waals surface area (Å²) < 4.78 is 0. The number of nitrogens with one attached hydrogen (secondary N) is 2. The Morgan fingerprint density at radius 1 is 1.17 bits per heavy atom. The maximum Gasteiger partial charge on any atom is 0.270 e. The summed E-state index contributed by atoms with van der Waals surface area (Å²) in [6.07, 6.45) is 1.93. The molecule has 1 aliphatic heterocycles. The van der Waals surface area contributed by atoms with Crippen molar-refractivity contribution in [2.45, 2.75) is 38.6 Å². The van der Waals surface area contributed by atoms with Crippen LogP contribution in [0.25, 0.3) is 11.3 Å². The van der Waals surface area contributed by atoms with E-state index >= 15 is 0 Å². The molecule has 154 valence electrons. The minimum absolute atomic E-state index is 0.0499. The number of pyridine rings is 1. The summed E-state index contributed by atoms with van der Waals surface area (Å²) in [7, 11) is 0. The van der Waals surface area contributed by atoms with Gasteiger partial charge in [-0.05, 0) is 38.5 Å². The number of amides is 2. The zero-order valence-corrected chi connectivity index (χ0v) is 17.2. The quantitative estimate of drug-likeness (QED) is 0.660. The maximum absolute atomic E-state index is 12.8. The van der Waals surface area contributed by atoms with Crippen LogP contribution in [0.15, 0.2) is 54.6 Å². The first-order valence-corrected chi connectivity index (χ1v) is 10.1.